The van der Waals surface area contributed by atoms with Crippen LogP contribution in [0.25, 0.3) is 5.69 Å². The first kappa shape index (κ1) is 19.7. The van der Waals surface area contributed by atoms with E-state index in [9.17, 15) is 9.59 Å². The summed E-state index contributed by atoms with van der Waals surface area (Å²) in [6, 6.07) is 10.2. The SMILES string of the molecule is O=C(NC1CCCCC1)[C@H]1CCCN(C(=O)Cc2cnn(-c3ccccc3)c2)C1. The Morgan fingerprint density at radius 3 is 2.62 bits per heavy atom. The number of likely N-dealkylation sites (tertiary alicyclic amines) is 1. The molecule has 0 bridgehead atoms. The molecule has 4 rings (SSSR count). The van der Waals surface area contributed by atoms with Crippen molar-refractivity contribution >= 4 is 11.8 Å². The van der Waals surface area contributed by atoms with Gasteiger partial charge in [0.25, 0.3) is 0 Å². The van der Waals surface area contributed by atoms with Gasteiger partial charge in [0.05, 0.1) is 24.2 Å². The van der Waals surface area contributed by atoms with Crippen molar-refractivity contribution in [3.8, 4) is 5.69 Å². The van der Waals surface area contributed by atoms with Gasteiger partial charge in [-0.15, -0.1) is 0 Å². The van der Waals surface area contributed by atoms with Crippen LogP contribution in [0.2, 0.25) is 0 Å². The molecule has 0 spiro atoms. The van der Waals surface area contributed by atoms with Crippen LogP contribution in [0.5, 0.6) is 0 Å². The number of benzene rings is 1. The molecule has 1 aliphatic heterocycles. The molecule has 0 unspecified atom stereocenters. The smallest absolute Gasteiger partial charge is 0.227 e. The number of nitrogens with one attached hydrogen (secondary N) is 1. The maximum absolute atomic E-state index is 12.8. The van der Waals surface area contributed by atoms with Crippen LogP contribution in [0.15, 0.2) is 42.7 Å². The van der Waals surface area contributed by atoms with E-state index in [0.717, 1.165) is 43.5 Å². The number of aromatic nitrogens is 2. The Morgan fingerprint density at radius 2 is 1.83 bits per heavy atom. The molecule has 6 nitrogen and oxygen atoms in total. The van der Waals surface area contributed by atoms with E-state index in [1.807, 2.05) is 41.4 Å². The zero-order valence-electron chi connectivity index (χ0n) is 16.9. The molecule has 2 amide bonds. The molecule has 154 valence electrons. The van der Waals surface area contributed by atoms with Gasteiger partial charge in [0.15, 0.2) is 0 Å². The Hall–Kier alpha value is -2.63. The van der Waals surface area contributed by atoms with E-state index in [4.69, 9.17) is 0 Å². The third-order valence-corrected chi connectivity index (χ3v) is 6.11. The van der Waals surface area contributed by atoms with Crippen LogP contribution in [0.4, 0.5) is 0 Å². The molecular weight excluding hydrogens is 364 g/mol. The van der Waals surface area contributed by atoms with E-state index in [1.54, 1.807) is 10.9 Å². The minimum Gasteiger partial charge on any atom is -0.353 e. The van der Waals surface area contributed by atoms with Gasteiger partial charge < -0.3 is 10.2 Å². The van der Waals surface area contributed by atoms with Crippen molar-refractivity contribution in [2.24, 2.45) is 5.92 Å². The van der Waals surface area contributed by atoms with E-state index in [1.165, 1.54) is 19.3 Å². The molecular formula is C23H30N4O2. The molecule has 2 aromatic rings. The summed E-state index contributed by atoms with van der Waals surface area (Å²) < 4.78 is 1.79. The van der Waals surface area contributed by atoms with Crippen LogP contribution in [-0.2, 0) is 16.0 Å². The molecule has 2 fully saturated rings. The van der Waals surface area contributed by atoms with E-state index >= 15 is 0 Å². The average molecular weight is 395 g/mol. The summed E-state index contributed by atoms with van der Waals surface area (Å²) in [5, 5.41) is 7.60. The fourth-order valence-corrected chi connectivity index (χ4v) is 4.44. The Balaban J connectivity index is 1.31. The van der Waals surface area contributed by atoms with Crippen molar-refractivity contribution in [2.45, 2.75) is 57.4 Å². The van der Waals surface area contributed by atoms with Gasteiger partial charge in [-0.1, -0.05) is 37.5 Å². The van der Waals surface area contributed by atoms with Gasteiger partial charge in [0, 0.05) is 25.3 Å². The summed E-state index contributed by atoms with van der Waals surface area (Å²) in [7, 11) is 0. The lowest BCUT2D eigenvalue weighted by Gasteiger charge is -2.33. The van der Waals surface area contributed by atoms with Crippen molar-refractivity contribution < 1.29 is 9.59 Å². The molecule has 1 aromatic carbocycles. The highest BCUT2D eigenvalue weighted by Gasteiger charge is 2.29. The van der Waals surface area contributed by atoms with E-state index < -0.39 is 0 Å². The number of amides is 2. The van der Waals surface area contributed by atoms with Crippen LogP contribution in [0, 0.1) is 5.92 Å². The van der Waals surface area contributed by atoms with Gasteiger partial charge in [0.2, 0.25) is 11.8 Å². The molecule has 0 radical (unpaired) electrons. The van der Waals surface area contributed by atoms with E-state index in [2.05, 4.69) is 10.4 Å². The second-order valence-corrected chi connectivity index (χ2v) is 8.33. The number of para-hydroxylation sites is 1. The molecule has 1 atom stereocenters. The zero-order chi connectivity index (χ0) is 20.1. The third kappa shape index (κ3) is 5.05. The molecule has 2 heterocycles. The van der Waals surface area contributed by atoms with E-state index in [0.29, 0.717) is 19.0 Å². The van der Waals surface area contributed by atoms with Crippen molar-refractivity contribution in [1.29, 1.82) is 0 Å². The molecule has 1 aliphatic carbocycles. The number of rotatable bonds is 5. The molecule has 1 saturated carbocycles. The number of carbonyl (C=O) groups excluding carboxylic acids is 2. The highest BCUT2D eigenvalue weighted by atomic mass is 16.2. The minimum absolute atomic E-state index is 0.0766. The highest BCUT2D eigenvalue weighted by Crippen LogP contribution is 2.21. The number of nitrogens with zero attached hydrogens (tertiary/aromatic N) is 3. The van der Waals surface area contributed by atoms with Gasteiger partial charge in [-0.2, -0.15) is 5.10 Å². The molecule has 1 saturated heterocycles. The largest absolute Gasteiger partial charge is 0.353 e. The molecule has 29 heavy (non-hydrogen) atoms. The maximum Gasteiger partial charge on any atom is 0.227 e. The normalized spacial score (nSPS) is 20.4. The minimum atomic E-state index is -0.0818. The summed E-state index contributed by atoms with van der Waals surface area (Å²) in [6.45, 7) is 1.27. The Labute approximate surface area is 172 Å². The first-order chi connectivity index (χ1) is 14.2. The quantitative estimate of drug-likeness (QED) is 0.847. The van der Waals surface area contributed by atoms with Crippen LogP contribution in [0.1, 0.15) is 50.5 Å². The predicted molar refractivity (Wildman–Crippen MR) is 112 cm³/mol. The Bertz CT molecular complexity index is 826. The van der Waals surface area contributed by atoms with Crippen LogP contribution in [-0.4, -0.2) is 45.6 Å². The van der Waals surface area contributed by atoms with Crippen molar-refractivity contribution in [2.75, 3.05) is 13.1 Å². The molecule has 1 aromatic heterocycles. The zero-order valence-corrected chi connectivity index (χ0v) is 16.9. The standard InChI is InChI=1S/C23H30N4O2/c28-22(14-18-15-24-27(16-18)21-11-5-2-6-12-21)26-13-7-8-19(17-26)23(29)25-20-9-3-1-4-10-20/h2,5-6,11-12,15-16,19-20H,1,3-4,7-10,13-14,17H2,(H,25,29)/t19-/m0/s1. The fraction of sp³-hybridized carbons (Fsp3) is 0.522. The van der Waals surface area contributed by atoms with Gasteiger partial charge >= 0.3 is 0 Å². The van der Waals surface area contributed by atoms with Crippen LogP contribution < -0.4 is 5.32 Å². The molecule has 1 N–H and O–H groups in total. The second-order valence-electron chi connectivity index (χ2n) is 8.33. The predicted octanol–water partition coefficient (Wildman–Crippen LogP) is 3.10. The van der Waals surface area contributed by atoms with E-state index in [-0.39, 0.29) is 17.7 Å². The summed E-state index contributed by atoms with van der Waals surface area (Å²) >= 11 is 0. The fourth-order valence-electron chi connectivity index (χ4n) is 4.44. The monoisotopic (exact) mass is 394 g/mol. The number of carbonyl (C=O) groups is 2. The van der Waals surface area contributed by atoms with Crippen molar-refractivity contribution in [3.05, 3.63) is 48.3 Å². The second kappa shape index (κ2) is 9.25. The summed E-state index contributed by atoms with van der Waals surface area (Å²) in [4.78, 5) is 27.4. The van der Waals surface area contributed by atoms with Gasteiger partial charge in [-0.3, -0.25) is 9.59 Å². The Morgan fingerprint density at radius 1 is 1.03 bits per heavy atom. The lowest BCUT2D eigenvalue weighted by Crippen LogP contribution is -2.48. The number of hydrogen-bond acceptors (Lipinski definition) is 3. The van der Waals surface area contributed by atoms with Gasteiger partial charge in [-0.05, 0) is 43.4 Å². The third-order valence-electron chi connectivity index (χ3n) is 6.11. The number of piperidine rings is 1. The van der Waals surface area contributed by atoms with Crippen LogP contribution >= 0.6 is 0 Å². The first-order valence-corrected chi connectivity index (χ1v) is 10.9. The highest BCUT2D eigenvalue weighted by molar-refractivity contribution is 5.82. The lowest BCUT2D eigenvalue weighted by molar-refractivity contribution is -0.135. The first-order valence-electron chi connectivity index (χ1n) is 10.9. The topological polar surface area (TPSA) is 67.2 Å². The maximum atomic E-state index is 12.8. The summed E-state index contributed by atoms with van der Waals surface area (Å²) in [6.07, 6.45) is 11.6. The molecule has 2 aliphatic rings. The molecule has 6 heteroatoms. The summed E-state index contributed by atoms with van der Waals surface area (Å²) in [5.74, 6) is 0.126. The van der Waals surface area contributed by atoms with Gasteiger partial charge in [0.1, 0.15) is 0 Å². The Kier molecular flexibility index (Phi) is 6.27. The number of hydrogen-bond donors (Lipinski definition) is 1. The van der Waals surface area contributed by atoms with Crippen LogP contribution in [0.3, 0.4) is 0 Å². The lowest BCUT2D eigenvalue weighted by atomic mass is 9.93. The average Bonchev–Trinajstić information content (AvgIpc) is 3.23. The van der Waals surface area contributed by atoms with Gasteiger partial charge in [-0.25, -0.2) is 4.68 Å². The summed E-state index contributed by atoms with van der Waals surface area (Å²) in [5.41, 5.74) is 1.87. The van der Waals surface area contributed by atoms with Crippen molar-refractivity contribution in [1.82, 2.24) is 20.0 Å². The van der Waals surface area contributed by atoms with Crippen molar-refractivity contribution in [3.63, 3.8) is 0 Å².